The summed E-state index contributed by atoms with van der Waals surface area (Å²) >= 11 is 0. The Labute approximate surface area is 173 Å². The highest BCUT2D eigenvalue weighted by molar-refractivity contribution is 5.69. The third-order valence-corrected chi connectivity index (χ3v) is 5.08. The molecule has 1 aliphatic heterocycles. The number of likely N-dealkylation sites (tertiary alicyclic amines) is 1. The first-order valence-electron chi connectivity index (χ1n) is 10.2. The molecule has 0 aliphatic carbocycles. The van der Waals surface area contributed by atoms with Crippen LogP contribution in [0.2, 0.25) is 0 Å². The van der Waals surface area contributed by atoms with Crippen molar-refractivity contribution < 1.29 is 14.3 Å². The zero-order valence-corrected chi connectivity index (χ0v) is 17.8. The molecule has 3 rings (SSSR count). The number of hydrogen-bond donors (Lipinski definition) is 1. The molecule has 0 saturated carbocycles. The van der Waals surface area contributed by atoms with Crippen molar-refractivity contribution in [3.8, 4) is 5.75 Å². The summed E-state index contributed by atoms with van der Waals surface area (Å²) in [7, 11) is 1.66. The van der Waals surface area contributed by atoms with Gasteiger partial charge in [-0.3, -0.25) is 0 Å². The van der Waals surface area contributed by atoms with E-state index in [0.29, 0.717) is 0 Å². The Kier molecular flexibility index (Phi) is 6.79. The van der Waals surface area contributed by atoms with Crippen molar-refractivity contribution in [2.75, 3.05) is 20.2 Å². The summed E-state index contributed by atoms with van der Waals surface area (Å²) in [5.74, 6) is 0.821. The van der Waals surface area contributed by atoms with Crippen LogP contribution in [0.3, 0.4) is 0 Å². The van der Waals surface area contributed by atoms with Crippen molar-refractivity contribution in [3.63, 3.8) is 0 Å². The Morgan fingerprint density at radius 1 is 1.31 bits per heavy atom. The number of carbonyl (C=O) groups excluding carboxylic acids is 1. The van der Waals surface area contributed by atoms with Crippen LogP contribution in [0.4, 0.5) is 4.79 Å². The molecular formula is C22H32N4O3. The molecule has 7 heteroatoms. The molecule has 2 aromatic rings. The van der Waals surface area contributed by atoms with Gasteiger partial charge >= 0.3 is 6.09 Å². The molecule has 2 atom stereocenters. The monoisotopic (exact) mass is 400 g/mol. The fraction of sp³-hybridized carbons (Fsp3) is 0.545. The van der Waals surface area contributed by atoms with Crippen molar-refractivity contribution in [1.82, 2.24) is 19.8 Å². The van der Waals surface area contributed by atoms with Crippen molar-refractivity contribution in [2.24, 2.45) is 0 Å². The first kappa shape index (κ1) is 21.2. The zero-order valence-electron chi connectivity index (χ0n) is 17.8. The van der Waals surface area contributed by atoms with E-state index < -0.39 is 5.60 Å². The van der Waals surface area contributed by atoms with Gasteiger partial charge in [0.1, 0.15) is 11.4 Å². The number of nitrogens with one attached hydrogen (secondary N) is 1. The number of benzene rings is 1. The number of hydrogen-bond acceptors (Lipinski definition) is 5. The highest BCUT2D eigenvalue weighted by Gasteiger charge is 2.37. The molecule has 29 heavy (non-hydrogen) atoms. The quantitative estimate of drug-likeness (QED) is 0.769. The summed E-state index contributed by atoms with van der Waals surface area (Å²) in [4.78, 5) is 18.8. The molecular weight excluding hydrogens is 368 g/mol. The zero-order chi connectivity index (χ0) is 20.9. The van der Waals surface area contributed by atoms with Crippen LogP contribution >= 0.6 is 0 Å². The minimum Gasteiger partial charge on any atom is -0.497 e. The molecule has 1 aromatic heterocycles. The Morgan fingerprint density at radius 3 is 2.69 bits per heavy atom. The molecule has 1 fully saturated rings. The Balaban J connectivity index is 1.77. The standard InChI is InChI=1S/C22H32N4O3/c1-22(2,3)29-21(27)26-13-5-6-19(26)20(17-7-9-18(28-4)10-8-17)24-12-15-25-14-11-23-16-25/h7-11,14,16,19-20,24H,5-6,12-13,15H2,1-4H3. The SMILES string of the molecule is COc1ccc(C(NCCn2ccnc2)C2CCCN2C(=O)OC(C)(C)C)cc1. The van der Waals surface area contributed by atoms with Crippen molar-refractivity contribution >= 4 is 6.09 Å². The van der Waals surface area contributed by atoms with Crippen LogP contribution in [-0.2, 0) is 11.3 Å². The van der Waals surface area contributed by atoms with Gasteiger partial charge in [0.05, 0.1) is 25.5 Å². The first-order valence-corrected chi connectivity index (χ1v) is 10.2. The lowest BCUT2D eigenvalue weighted by atomic mass is 9.97. The molecule has 0 spiro atoms. The van der Waals surface area contributed by atoms with Gasteiger partial charge < -0.3 is 24.3 Å². The molecule has 1 saturated heterocycles. The fourth-order valence-electron chi connectivity index (χ4n) is 3.74. The topological polar surface area (TPSA) is 68.6 Å². The highest BCUT2D eigenvalue weighted by atomic mass is 16.6. The van der Waals surface area contributed by atoms with E-state index in [1.54, 1.807) is 13.3 Å². The lowest BCUT2D eigenvalue weighted by molar-refractivity contribution is 0.0194. The van der Waals surface area contributed by atoms with E-state index in [2.05, 4.69) is 22.4 Å². The van der Waals surface area contributed by atoms with Crippen LogP contribution in [0.15, 0.2) is 43.0 Å². The average molecular weight is 401 g/mol. The molecule has 2 heterocycles. The normalized spacial score (nSPS) is 17.9. The number of carbonyl (C=O) groups is 1. The summed E-state index contributed by atoms with van der Waals surface area (Å²) in [5, 5.41) is 3.66. The predicted octanol–water partition coefficient (Wildman–Crippen LogP) is 3.62. The molecule has 1 N–H and O–H groups in total. The Hall–Kier alpha value is -2.54. The lowest BCUT2D eigenvalue weighted by Gasteiger charge is -2.34. The highest BCUT2D eigenvalue weighted by Crippen LogP contribution is 2.31. The Bertz CT molecular complexity index is 768. The fourth-order valence-corrected chi connectivity index (χ4v) is 3.74. The van der Waals surface area contributed by atoms with Gasteiger partial charge in [0, 0.05) is 32.0 Å². The number of ether oxygens (including phenoxy) is 2. The van der Waals surface area contributed by atoms with E-state index in [4.69, 9.17) is 9.47 Å². The molecule has 0 bridgehead atoms. The lowest BCUT2D eigenvalue weighted by Crippen LogP contribution is -2.46. The minimum atomic E-state index is -0.505. The van der Waals surface area contributed by atoms with E-state index >= 15 is 0 Å². The van der Waals surface area contributed by atoms with E-state index in [0.717, 1.165) is 43.8 Å². The third kappa shape index (κ3) is 5.73. The maximum absolute atomic E-state index is 12.8. The van der Waals surface area contributed by atoms with Crippen LogP contribution in [0, 0.1) is 0 Å². The van der Waals surface area contributed by atoms with E-state index in [1.165, 1.54) is 0 Å². The van der Waals surface area contributed by atoms with Gasteiger partial charge in [-0.15, -0.1) is 0 Å². The second kappa shape index (κ2) is 9.31. The summed E-state index contributed by atoms with van der Waals surface area (Å²) in [5.41, 5.74) is 0.631. The number of methoxy groups -OCH3 is 1. The van der Waals surface area contributed by atoms with Gasteiger partial charge in [0.2, 0.25) is 0 Å². The third-order valence-electron chi connectivity index (χ3n) is 5.08. The summed E-state index contributed by atoms with van der Waals surface area (Å²) < 4.78 is 13.0. The van der Waals surface area contributed by atoms with Gasteiger partial charge in [0.15, 0.2) is 0 Å². The van der Waals surface area contributed by atoms with Crippen LogP contribution in [0.1, 0.15) is 45.2 Å². The van der Waals surface area contributed by atoms with E-state index in [-0.39, 0.29) is 18.2 Å². The largest absolute Gasteiger partial charge is 0.497 e. The average Bonchev–Trinajstić information content (AvgIpc) is 3.36. The summed E-state index contributed by atoms with van der Waals surface area (Å²) in [6.07, 6.45) is 7.21. The maximum Gasteiger partial charge on any atom is 0.410 e. The molecule has 7 nitrogen and oxygen atoms in total. The molecule has 1 aliphatic rings. The van der Waals surface area contributed by atoms with Crippen LogP contribution < -0.4 is 10.1 Å². The van der Waals surface area contributed by atoms with Gasteiger partial charge in [-0.2, -0.15) is 0 Å². The van der Waals surface area contributed by atoms with Gasteiger partial charge in [-0.25, -0.2) is 9.78 Å². The predicted molar refractivity (Wildman–Crippen MR) is 112 cm³/mol. The summed E-state index contributed by atoms with van der Waals surface area (Å²) in [6, 6.07) is 8.12. The van der Waals surface area contributed by atoms with Crippen LogP contribution in [0.25, 0.3) is 0 Å². The number of amides is 1. The molecule has 2 unspecified atom stereocenters. The molecule has 1 amide bonds. The first-order chi connectivity index (χ1) is 13.9. The van der Waals surface area contributed by atoms with Crippen LogP contribution in [0.5, 0.6) is 5.75 Å². The van der Waals surface area contributed by atoms with Crippen LogP contribution in [-0.4, -0.2) is 52.4 Å². The second-order valence-electron chi connectivity index (χ2n) is 8.39. The second-order valence-corrected chi connectivity index (χ2v) is 8.39. The van der Waals surface area contributed by atoms with Gasteiger partial charge in [0.25, 0.3) is 0 Å². The van der Waals surface area contributed by atoms with Gasteiger partial charge in [-0.1, -0.05) is 12.1 Å². The number of rotatable bonds is 7. The molecule has 1 aromatic carbocycles. The minimum absolute atomic E-state index is 0.0134. The Morgan fingerprint density at radius 2 is 2.07 bits per heavy atom. The van der Waals surface area contributed by atoms with E-state index in [1.807, 2.05) is 54.9 Å². The molecule has 158 valence electrons. The summed E-state index contributed by atoms with van der Waals surface area (Å²) in [6.45, 7) is 8.01. The van der Waals surface area contributed by atoms with Crippen molar-refractivity contribution in [1.29, 1.82) is 0 Å². The number of nitrogens with zero attached hydrogens (tertiary/aromatic N) is 3. The van der Waals surface area contributed by atoms with Crippen molar-refractivity contribution in [3.05, 3.63) is 48.5 Å². The molecule has 0 radical (unpaired) electrons. The number of aromatic nitrogens is 2. The van der Waals surface area contributed by atoms with Gasteiger partial charge in [-0.05, 0) is 51.3 Å². The smallest absolute Gasteiger partial charge is 0.410 e. The van der Waals surface area contributed by atoms with Crippen molar-refractivity contribution in [2.45, 2.75) is 57.8 Å². The maximum atomic E-state index is 12.8. The number of imidazole rings is 1. The van der Waals surface area contributed by atoms with E-state index in [9.17, 15) is 4.79 Å².